The average Bonchev–Trinajstić information content (AvgIpc) is 2.53. The van der Waals surface area contributed by atoms with Crippen LogP contribution in [-0.2, 0) is 4.79 Å². The standard InChI is InChI=1S/C17H14N2O2/c20-17(21)15(13-7-2-1-3-8-13)19-16-14-9-5-4-6-12(14)10-11-18-16/h1-11,15H,(H,18,19)(H,20,21). The topological polar surface area (TPSA) is 62.2 Å². The number of carboxylic acids is 1. The van der Waals surface area contributed by atoms with Crippen LogP contribution >= 0.6 is 0 Å². The van der Waals surface area contributed by atoms with Crippen molar-refractivity contribution in [1.29, 1.82) is 0 Å². The summed E-state index contributed by atoms with van der Waals surface area (Å²) in [6.07, 6.45) is 1.68. The quantitative estimate of drug-likeness (QED) is 0.767. The molecule has 1 heterocycles. The first-order chi connectivity index (χ1) is 10.3. The van der Waals surface area contributed by atoms with Gasteiger partial charge in [-0.1, -0.05) is 54.6 Å². The number of nitrogens with zero attached hydrogens (tertiary/aromatic N) is 1. The van der Waals surface area contributed by atoms with E-state index in [2.05, 4.69) is 10.3 Å². The van der Waals surface area contributed by atoms with Crippen LogP contribution in [0.2, 0.25) is 0 Å². The first-order valence-corrected chi connectivity index (χ1v) is 6.64. The van der Waals surface area contributed by atoms with E-state index < -0.39 is 12.0 Å². The predicted molar refractivity (Wildman–Crippen MR) is 82.2 cm³/mol. The fourth-order valence-electron chi connectivity index (χ4n) is 2.30. The molecule has 3 aromatic rings. The number of anilines is 1. The molecule has 0 spiro atoms. The van der Waals surface area contributed by atoms with Gasteiger partial charge in [-0.3, -0.25) is 0 Å². The molecule has 0 aliphatic carbocycles. The molecule has 0 fully saturated rings. The zero-order valence-electron chi connectivity index (χ0n) is 11.2. The second kappa shape index (κ2) is 5.63. The Kier molecular flexibility index (Phi) is 3.51. The molecule has 2 aromatic carbocycles. The highest BCUT2D eigenvalue weighted by atomic mass is 16.4. The number of aliphatic carboxylic acids is 1. The molecule has 0 saturated carbocycles. The van der Waals surface area contributed by atoms with Crippen LogP contribution in [0.3, 0.4) is 0 Å². The van der Waals surface area contributed by atoms with Crippen molar-refractivity contribution in [2.45, 2.75) is 6.04 Å². The van der Waals surface area contributed by atoms with E-state index in [1.165, 1.54) is 0 Å². The van der Waals surface area contributed by atoms with Crippen molar-refractivity contribution in [3.63, 3.8) is 0 Å². The van der Waals surface area contributed by atoms with Crippen LogP contribution in [0, 0.1) is 0 Å². The van der Waals surface area contributed by atoms with Crippen molar-refractivity contribution in [3.05, 3.63) is 72.4 Å². The van der Waals surface area contributed by atoms with Gasteiger partial charge in [0.15, 0.2) is 6.04 Å². The van der Waals surface area contributed by atoms with E-state index in [0.717, 1.165) is 10.8 Å². The van der Waals surface area contributed by atoms with Crippen molar-refractivity contribution < 1.29 is 9.90 Å². The Balaban J connectivity index is 2.01. The number of fused-ring (bicyclic) bond motifs is 1. The first-order valence-electron chi connectivity index (χ1n) is 6.64. The molecular weight excluding hydrogens is 264 g/mol. The summed E-state index contributed by atoms with van der Waals surface area (Å²) in [5.74, 6) is -0.361. The van der Waals surface area contributed by atoms with Gasteiger partial charge in [0.2, 0.25) is 0 Å². The fourth-order valence-corrected chi connectivity index (χ4v) is 2.30. The minimum absolute atomic E-state index is 0.573. The van der Waals surface area contributed by atoms with Gasteiger partial charge in [-0.05, 0) is 17.0 Å². The number of pyridine rings is 1. The van der Waals surface area contributed by atoms with Gasteiger partial charge in [-0.2, -0.15) is 0 Å². The monoisotopic (exact) mass is 278 g/mol. The largest absolute Gasteiger partial charge is 0.479 e. The molecule has 4 nitrogen and oxygen atoms in total. The van der Waals surface area contributed by atoms with Gasteiger partial charge in [-0.25, -0.2) is 9.78 Å². The van der Waals surface area contributed by atoms with Crippen LogP contribution in [0.5, 0.6) is 0 Å². The molecule has 3 rings (SSSR count). The van der Waals surface area contributed by atoms with Crippen LogP contribution in [0.25, 0.3) is 10.8 Å². The van der Waals surface area contributed by atoms with Crippen molar-refractivity contribution >= 4 is 22.6 Å². The van der Waals surface area contributed by atoms with Crippen molar-refractivity contribution in [1.82, 2.24) is 4.98 Å². The molecular formula is C17H14N2O2. The Labute approximate surface area is 122 Å². The third kappa shape index (κ3) is 2.69. The minimum atomic E-state index is -0.934. The van der Waals surface area contributed by atoms with Crippen molar-refractivity contribution in [2.75, 3.05) is 5.32 Å². The van der Waals surface area contributed by atoms with E-state index in [1.54, 1.807) is 18.3 Å². The number of nitrogens with one attached hydrogen (secondary N) is 1. The zero-order chi connectivity index (χ0) is 14.7. The highest BCUT2D eigenvalue weighted by Crippen LogP contribution is 2.25. The first kappa shape index (κ1) is 13.1. The molecule has 0 bridgehead atoms. The highest BCUT2D eigenvalue weighted by Gasteiger charge is 2.20. The highest BCUT2D eigenvalue weighted by molar-refractivity contribution is 5.93. The molecule has 2 N–H and O–H groups in total. The number of carbonyl (C=O) groups is 1. The third-order valence-electron chi connectivity index (χ3n) is 3.33. The molecule has 0 aliphatic heterocycles. The van der Waals surface area contributed by atoms with Gasteiger partial charge < -0.3 is 10.4 Å². The number of benzene rings is 2. The molecule has 1 unspecified atom stereocenters. The fraction of sp³-hybridized carbons (Fsp3) is 0.0588. The van der Waals surface area contributed by atoms with Crippen molar-refractivity contribution in [3.8, 4) is 0 Å². The molecule has 1 aromatic heterocycles. The second-order valence-corrected chi connectivity index (χ2v) is 4.71. The minimum Gasteiger partial charge on any atom is -0.479 e. The van der Waals surface area contributed by atoms with E-state index in [0.29, 0.717) is 11.4 Å². The maximum absolute atomic E-state index is 11.6. The van der Waals surface area contributed by atoms with Gasteiger partial charge in [0, 0.05) is 11.6 Å². The summed E-state index contributed by atoms with van der Waals surface area (Å²) in [6.45, 7) is 0. The van der Waals surface area contributed by atoms with E-state index in [1.807, 2.05) is 48.5 Å². The number of hydrogen-bond donors (Lipinski definition) is 2. The van der Waals surface area contributed by atoms with Crippen molar-refractivity contribution in [2.24, 2.45) is 0 Å². The van der Waals surface area contributed by atoms with E-state index in [9.17, 15) is 9.90 Å². The van der Waals surface area contributed by atoms with E-state index in [-0.39, 0.29) is 0 Å². The average molecular weight is 278 g/mol. The lowest BCUT2D eigenvalue weighted by molar-refractivity contribution is -0.138. The van der Waals surface area contributed by atoms with E-state index in [4.69, 9.17) is 0 Å². The molecule has 104 valence electrons. The number of rotatable bonds is 4. The van der Waals surface area contributed by atoms with Crippen LogP contribution in [0.1, 0.15) is 11.6 Å². The smallest absolute Gasteiger partial charge is 0.330 e. The number of hydrogen-bond acceptors (Lipinski definition) is 3. The SMILES string of the molecule is O=C(O)C(Nc1nccc2ccccc12)c1ccccc1. The summed E-state index contributed by atoms with van der Waals surface area (Å²) >= 11 is 0. The Hall–Kier alpha value is -2.88. The lowest BCUT2D eigenvalue weighted by Gasteiger charge is -2.16. The zero-order valence-corrected chi connectivity index (χ0v) is 11.2. The Morgan fingerprint density at radius 1 is 1.00 bits per heavy atom. The Bertz CT molecular complexity index is 767. The molecule has 0 radical (unpaired) electrons. The Morgan fingerprint density at radius 3 is 2.48 bits per heavy atom. The van der Waals surface area contributed by atoms with Crippen LogP contribution in [0.4, 0.5) is 5.82 Å². The van der Waals surface area contributed by atoms with Gasteiger partial charge in [-0.15, -0.1) is 0 Å². The maximum atomic E-state index is 11.6. The third-order valence-corrected chi connectivity index (χ3v) is 3.33. The molecule has 4 heteroatoms. The van der Waals surface area contributed by atoms with Crippen LogP contribution < -0.4 is 5.32 Å². The Morgan fingerprint density at radius 2 is 1.71 bits per heavy atom. The lowest BCUT2D eigenvalue weighted by atomic mass is 10.1. The molecule has 0 aliphatic rings. The molecule has 21 heavy (non-hydrogen) atoms. The predicted octanol–water partition coefficient (Wildman–Crippen LogP) is 3.47. The summed E-state index contributed by atoms with van der Waals surface area (Å²) in [4.78, 5) is 15.8. The van der Waals surface area contributed by atoms with E-state index >= 15 is 0 Å². The summed E-state index contributed by atoms with van der Waals surface area (Å²) in [6, 6.07) is 17.9. The normalized spacial score (nSPS) is 12.0. The van der Waals surface area contributed by atoms with Gasteiger partial charge in [0.05, 0.1) is 0 Å². The van der Waals surface area contributed by atoms with Gasteiger partial charge in [0.1, 0.15) is 5.82 Å². The summed E-state index contributed by atoms with van der Waals surface area (Å²) in [5.41, 5.74) is 0.694. The molecule has 0 saturated heterocycles. The summed E-state index contributed by atoms with van der Waals surface area (Å²) < 4.78 is 0. The summed E-state index contributed by atoms with van der Waals surface area (Å²) in [5, 5.41) is 14.4. The lowest BCUT2D eigenvalue weighted by Crippen LogP contribution is -2.21. The van der Waals surface area contributed by atoms with Gasteiger partial charge >= 0.3 is 5.97 Å². The van der Waals surface area contributed by atoms with Crippen LogP contribution in [-0.4, -0.2) is 16.1 Å². The second-order valence-electron chi connectivity index (χ2n) is 4.71. The molecule has 1 atom stereocenters. The van der Waals surface area contributed by atoms with Gasteiger partial charge in [0.25, 0.3) is 0 Å². The number of carboxylic acid groups (broad SMARTS) is 1. The maximum Gasteiger partial charge on any atom is 0.330 e. The number of aromatic nitrogens is 1. The van der Waals surface area contributed by atoms with Crippen LogP contribution in [0.15, 0.2) is 66.9 Å². The summed E-state index contributed by atoms with van der Waals surface area (Å²) in [7, 11) is 0. The molecule has 0 amide bonds.